The lowest BCUT2D eigenvalue weighted by molar-refractivity contribution is -0.142. The largest absolute Gasteiger partial charge is 0.480 e. The van der Waals surface area contributed by atoms with Crippen molar-refractivity contribution in [2.45, 2.75) is 44.1 Å². The number of ether oxygens (including phenoxy) is 1. The molecule has 98 valence electrons. The smallest absolute Gasteiger partial charge is 0.411 e. The molecule has 0 bridgehead atoms. The molecule has 1 saturated heterocycles. The van der Waals surface area contributed by atoms with Crippen molar-refractivity contribution in [3.8, 4) is 0 Å². The first kappa shape index (κ1) is 14.2. The number of rotatable bonds is 2. The lowest BCUT2D eigenvalue weighted by Gasteiger charge is -2.26. The van der Waals surface area contributed by atoms with E-state index in [9.17, 15) is 9.59 Å². The molecule has 0 aromatic rings. The van der Waals surface area contributed by atoms with Gasteiger partial charge in [0.2, 0.25) is 0 Å². The molecule has 5 nitrogen and oxygen atoms in total. The number of nitrogens with zero attached hydrogens (tertiary/aromatic N) is 1. The van der Waals surface area contributed by atoms with Crippen molar-refractivity contribution < 1.29 is 19.4 Å². The highest BCUT2D eigenvalue weighted by Gasteiger charge is 2.41. The summed E-state index contributed by atoms with van der Waals surface area (Å²) in [6.07, 6.45) is 1.86. The fraction of sp³-hybridized carbons (Fsp3) is 0.818. The summed E-state index contributed by atoms with van der Waals surface area (Å²) in [6, 6.07) is -0.762. The van der Waals surface area contributed by atoms with Crippen LogP contribution >= 0.6 is 11.8 Å². The minimum absolute atomic E-state index is 0.170. The molecular formula is C11H19NO4S. The van der Waals surface area contributed by atoms with Crippen LogP contribution in [0.1, 0.15) is 27.2 Å². The van der Waals surface area contributed by atoms with Gasteiger partial charge >= 0.3 is 12.1 Å². The minimum atomic E-state index is -0.965. The number of likely N-dealkylation sites (tertiary alicyclic amines) is 1. The molecule has 17 heavy (non-hydrogen) atoms. The highest BCUT2D eigenvalue weighted by Crippen LogP contribution is 2.27. The zero-order chi connectivity index (χ0) is 13.2. The van der Waals surface area contributed by atoms with Crippen LogP contribution < -0.4 is 0 Å². The zero-order valence-corrected chi connectivity index (χ0v) is 11.4. The van der Waals surface area contributed by atoms with E-state index in [1.54, 1.807) is 32.5 Å². The number of amides is 1. The Morgan fingerprint density at radius 3 is 2.41 bits per heavy atom. The van der Waals surface area contributed by atoms with E-state index in [1.807, 2.05) is 6.26 Å². The summed E-state index contributed by atoms with van der Waals surface area (Å²) < 4.78 is 5.21. The fourth-order valence-electron chi connectivity index (χ4n) is 1.72. The van der Waals surface area contributed by atoms with Gasteiger partial charge in [0.05, 0.1) is 0 Å². The molecule has 1 N–H and O–H groups in total. The maximum absolute atomic E-state index is 11.9. The predicted octanol–water partition coefficient (Wildman–Crippen LogP) is 1.81. The van der Waals surface area contributed by atoms with Crippen LogP contribution in [-0.4, -0.2) is 51.8 Å². The van der Waals surface area contributed by atoms with Gasteiger partial charge < -0.3 is 9.84 Å². The Kier molecular flexibility index (Phi) is 4.30. The molecule has 6 heteroatoms. The van der Waals surface area contributed by atoms with Crippen LogP contribution in [0.4, 0.5) is 4.79 Å². The Morgan fingerprint density at radius 2 is 2.00 bits per heavy atom. The summed E-state index contributed by atoms with van der Waals surface area (Å²) in [6.45, 7) is 5.74. The van der Waals surface area contributed by atoms with Crippen molar-refractivity contribution in [2.24, 2.45) is 0 Å². The Balaban J connectivity index is 2.73. The minimum Gasteiger partial charge on any atom is -0.480 e. The van der Waals surface area contributed by atoms with Crippen LogP contribution in [0.5, 0.6) is 0 Å². The van der Waals surface area contributed by atoms with Crippen molar-refractivity contribution >= 4 is 23.8 Å². The van der Waals surface area contributed by atoms with Crippen LogP contribution in [-0.2, 0) is 9.53 Å². The summed E-state index contributed by atoms with van der Waals surface area (Å²) in [4.78, 5) is 24.3. The van der Waals surface area contributed by atoms with E-state index in [4.69, 9.17) is 9.84 Å². The predicted molar refractivity (Wildman–Crippen MR) is 66.3 cm³/mol. The summed E-state index contributed by atoms with van der Waals surface area (Å²) in [7, 11) is 0. The van der Waals surface area contributed by atoms with Crippen molar-refractivity contribution in [1.82, 2.24) is 4.90 Å². The van der Waals surface area contributed by atoms with Gasteiger partial charge in [-0.15, -0.1) is 0 Å². The first-order chi connectivity index (χ1) is 7.74. The average molecular weight is 261 g/mol. The van der Waals surface area contributed by atoms with Gasteiger partial charge in [0.15, 0.2) is 0 Å². The third-order valence-corrected chi connectivity index (χ3v) is 3.52. The number of hydrogen-bond acceptors (Lipinski definition) is 4. The highest BCUT2D eigenvalue weighted by atomic mass is 32.2. The molecule has 0 radical (unpaired) electrons. The summed E-state index contributed by atoms with van der Waals surface area (Å²) >= 11 is 1.58. The van der Waals surface area contributed by atoms with E-state index in [-0.39, 0.29) is 5.25 Å². The zero-order valence-electron chi connectivity index (χ0n) is 10.6. The third-order valence-electron chi connectivity index (χ3n) is 2.51. The second-order valence-electron chi connectivity index (χ2n) is 5.08. The number of carboxylic acids is 1. The highest BCUT2D eigenvalue weighted by molar-refractivity contribution is 7.99. The van der Waals surface area contributed by atoms with Gasteiger partial charge in [-0.3, -0.25) is 4.90 Å². The van der Waals surface area contributed by atoms with Crippen LogP contribution in [0, 0.1) is 0 Å². The molecule has 1 rings (SSSR count). The van der Waals surface area contributed by atoms with Crippen LogP contribution in [0.15, 0.2) is 0 Å². The van der Waals surface area contributed by atoms with Crippen LogP contribution in [0.2, 0.25) is 0 Å². The quantitative estimate of drug-likeness (QED) is 0.821. The molecule has 0 spiro atoms. The standard InChI is InChI=1S/C11H19NO4S/c1-11(2,3)16-10(15)12-6-7(17-4)5-8(12)9(13)14/h7-8H,5-6H2,1-4H3,(H,13,14)/t7-,8-/m0/s1. The van der Waals surface area contributed by atoms with E-state index in [0.717, 1.165) is 0 Å². The van der Waals surface area contributed by atoms with Crippen LogP contribution in [0.3, 0.4) is 0 Å². The molecule has 0 saturated carbocycles. The summed E-state index contributed by atoms with van der Waals surface area (Å²) in [5.74, 6) is -0.965. The second-order valence-corrected chi connectivity index (χ2v) is 6.22. The number of carbonyl (C=O) groups is 2. The number of aliphatic carboxylic acids is 1. The Hall–Kier alpha value is -0.910. The molecule has 0 aromatic carbocycles. The molecular weight excluding hydrogens is 242 g/mol. The van der Waals surface area contributed by atoms with Crippen molar-refractivity contribution in [3.63, 3.8) is 0 Å². The fourth-order valence-corrected chi connectivity index (χ4v) is 2.41. The summed E-state index contributed by atoms with van der Waals surface area (Å²) in [5, 5.41) is 9.26. The van der Waals surface area contributed by atoms with Gasteiger partial charge in [0.1, 0.15) is 11.6 Å². The SMILES string of the molecule is CS[C@H]1C[C@@H](C(=O)O)N(C(=O)OC(C)(C)C)C1. The lowest BCUT2D eigenvalue weighted by Crippen LogP contribution is -2.43. The first-order valence-corrected chi connectivity index (χ1v) is 6.78. The Labute approximate surface area is 105 Å². The molecule has 0 unspecified atom stereocenters. The van der Waals surface area contributed by atoms with Crippen molar-refractivity contribution in [2.75, 3.05) is 12.8 Å². The van der Waals surface area contributed by atoms with Gasteiger partial charge in [-0.1, -0.05) is 0 Å². The number of carbonyl (C=O) groups excluding carboxylic acids is 1. The van der Waals surface area contributed by atoms with Gasteiger partial charge in [-0.2, -0.15) is 11.8 Å². The van der Waals surface area contributed by atoms with Gasteiger partial charge in [0, 0.05) is 11.8 Å². The number of hydrogen-bond donors (Lipinski definition) is 1. The van der Waals surface area contributed by atoms with E-state index >= 15 is 0 Å². The van der Waals surface area contributed by atoms with Gasteiger partial charge in [0.25, 0.3) is 0 Å². The van der Waals surface area contributed by atoms with Crippen LogP contribution in [0.25, 0.3) is 0 Å². The number of thioether (sulfide) groups is 1. The van der Waals surface area contributed by atoms with E-state index in [0.29, 0.717) is 13.0 Å². The molecule has 2 atom stereocenters. The van der Waals surface area contributed by atoms with E-state index < -0.39 is 23.7 Å². The molecule has 1 aliphatic heterocycles. The van der Waals surface area contributed by atoms with Crippen molar-refractivity contribution in [3.05, 3.63) is 0 Å². The molecule has 1 heterocycles. The maximum atomic E-state index is 11.9. The molecule has 1 fully saturated rings. The summed E-state index contributed by atoms with van der Waals surface area (Å²) in [5.41, 5.74) is -0.600. The van der Waals surface area contributed by atoms with Gasteiger partial charge in [-0.05, 0) is 33.4 Å². The van der Waals surface area contributed by atoms with Gasteiger partial charge in [-0.25, -0.2) is 9.59 Å². The third kappa shape index (κ3) is 3.80. The second kappa shape index (κ2) is 5.16. The molecule has 0 aromatic heterocycles. The normalized spacial score (nSPS) is 24.8. The van der Waals surface area contributed by atoms with E-state index in [1.165, 1.54) is 4.90 Å². The first-order valence-electron chi connectivity index (χ1n) is 5.50. The monoisotopic (exact) mass is 261 g/mol. The molecule has 1 aliphatic rings. The molecule has 0 aliphatic carbocycles. The lowest BCUT2D eigenvalue weighted by atomic mass is 10.2. The van der Waals surface area contributed by atoms with E-state index in [2.05, 4.69) is 0 Å². The average Bonchev–Trinajstić information content (AvgIpc) is 2.58. The Morgan fingerprint density at radius 1 is 1.41 bits per heavy atom. The Bertz CT molecular complexity index is 313. The topological polar surface area (TPSA) is 66.8 Å². The number of carboxylic acid groups (broad SMARTS) is 1. The van der Waals surface area contributed by atoms with Crippen molar-refractivity contribution in [1.29, 1.82) is 0 Å². The molecule has 1 amide bonds. The maximum Gasteiger partial charge on any atom is 0.411 e.